The molecule has 2 rings (SSSR count). The highest BCUT2D eigenvalue weighted by atomic mass is 32.1. The summed E-state index contributed by atoms with van der Waals surface area (Å²) in [6.45, 7) is 0. The molecule has 0 aromatic carbocycles. The molecule has 0 spiro atoms. The molecule has 0 bridgehead atoms. The highest BCUT2D eigenvalue weighted by Crippen LogP contribution is 2.17. The van der Waals surface area contributed by atoms with Gasteiger partial charge in [0.25, 0.3) is 0 Å². The maximum absolute atomic E-state index is 5.52. The van der Waals surface area contributed by atoms with Gasteiger partial charge in [0.1, 0.15) is 6.33 Å². The molecular weight excluding hydrogens is 208 g/mol. The first-order valence-electron chi connectivity index (χ1n) is 4.62. The Kier molecular flexibility index (Phi) is 3.39. The van der Waals surface area contributed by atoms with Crippen LogP contribution in [-0.4, -0.2) is 9.97 Å². The zero-order chi connectivity index (χ0) is 10.5. The first-order valence-corrected chi connectivity index (χ1v) is 5.56. The van der Waals surface area contributed by atoms with Crippen LogP contribution in [0.25, 0.3) is 0 Å². The zero-order valence-corrected chi connectivity index (χ0v) is 8.95. The lowest BCUT2D eigenvalue weighted by atomic mass is 10.0. The highest BCUT2D eigenvalue weighted by molar-refractivity contribution is 7.07. The third-order valence-electron chi connectivity index (χ3n) is 2.20. The summed E-state index contributed by atoms with van der Waals surface area (Å²) in [5.41, 5.74) is 5.06. The number of hydrazine groups is 1. The lowest BCUT2D eigenvalue weighted by Crippen LogP contribution is -2.29. The minimum absolute atomic E-state index is 0.0702. The SMILES string of the molecule is NNC(Cc1ccsc1)c1cncnc1. The van der Waals surface area contributed by atoms with Crippen molar-refractivity contribution in [2.75, 3.05) is 0 Å². The smallest absolute Gasteiger partial charge is 0.115 e. The summed E-state index contributed by atoms with van der Waals surface area (Å²) in [4.78, 5) is 7.96. The molecule has 2 aromatic heterocycles. The summed E-state index contributed by atoms with van der Waals surface area (Å²) in [7, 11) is 0. The molecule has 2 heterocycles. The van der Waals surface area contributed by atoms with E-state index in [9.17, 15) is 0 Å². The van der Waals surface area contributed by atoms with Crippen LogP contribution in [0.5, 0.6) is 0 Å². The van der Waals surface area contributed by atoms with Crippen LogP contribution in [0.2, 0.25) is 0 Å². The van der Waals surface area contributed by atoms with Crippen molar-refractivity contribution in [3.8, 4) is 0 Å². The van der Waals surface area contributed by atoms with Gasteiger partial charge in [-0.05, 0) is 28.8 Å². The molecule has 15 heavy (non-hydrogen) atoms. The number of hydrogen-bond donors (Lipinski definition) is 2. The number of nitrogens with one attached hydrogen (secondary N) is 1. The summed E-state index contributed by atoms with van der Waals surface area (Å²) in [5.74, 6) is 5.52. The molecule has 3 N–H and O–H groups in total. The lowest BCUT2D eigenvalue weighted by Gasteiger charge is -2.14. The van der Waals surface area contributed by atoms with Gasteiger partial charge in [0.15, 0.2) is 0 Å². The average Bonchev–Trinajstić information content (AvgIpc) is 2.80. The summed E-state index contributed by atoms with van der Waals surface area (Å²) in [6, 6.07) is 2.17. The maximum atomic E-state index is 5.52. The predicted molar refractivity (Wildman–Crippen MR) is 60.1 cm³/mol. The van der Waals surface area contributed by atoms with Crippen LogP contribution in [0.3, 0.4) is 0 Å². The topological polar surface area (TPSA) is 63.8 Å². The number of thiophene rings is 1. The summed E-state index contributed by atoms with van der Waals surface area (Å²) < 4.78 is 0. The van der Waals surface area contributed by atoms with E-state index in [-0.39, 0.29) is 6.04 Å². The third kappa shape index (κ3) is 2.59. The molecule has 0 radical (unpaired) electrons. The normalized spacial score (nSPS) is 12.6. The van der Waals surface area contributed by atoms with E-state index in [1.807, 2.05) is 0 Å². The van der Waals surface area contributed by atoms with Crippen LogP contribution < -0.4 is 11.3 Å². The molecule has 0 saturated carbocycles. The lowest BCUT2D eigenvalue weighted by molar-refractivity contribution is 0.549. The molecule has 0 amide bonds. The predicted octanol–water partition coefficient (Wildman–Crippen LogP) is 1.29. The minimum Gasteiger partial charge on any atom is -0.271 e. The first kappa shape index (κ1) is 10.2. The quantitative estimate of drug-likeness (QED) is 0.602. The van der Waals surface area contributed by atoms with Gasteiger partial charge in [0.05, 0.1) is 6.04 Å². The van der Waals surface area contributed by atoms with E-state index < -0.39 is 0 Å². The average molecular weight is 220 g/mol. The Morgan fingerprint density at radius 1 is 1.40 bits per heavy atom. The van der Waals surface area contributed by atoms with E-state index in [0.717, 1.165) is 12.0 Å². The molecule has 0 aliphatic carbocycles. The Hall–Kier alpha value is -1.30. The van der Waals surface area contributed by atoms with E-state index in [2.05, 4.69) is 32.2 Å². The first-order chi connectivity index (χ1) is 7.40. The molecule has 0 aliphatic rings. The Morgan fingerprint density at radius 2 is 2.20 bits per heavy atom. The fraction of sp³-hybridized carbons (Fsp3) is 0.200. The Balaban J connectivity index is 2.12. The van der Waals surface area contributed by atoms with Gasteiger partial charge in [-0.2, -0.15) is 11.3 Å². The van der Waals surface area contributed by atoms with E-state index in [0.29, 0.717) is 0 Å². The molecule has 5 heteroatoms. The van der Waals surface area contributed by atoms with Crippen LogP contribution in [0.15, 0.2) is 35.5 Å². The second kappa shape index (κ2) is 4.97. The van der Waals surface area contributed by atoms with Crippen molar-refractivity contribution in [1.29, 1.82) is 0 Å². The molecule has 0 fully saturated rings. The summed E-state index contributed by atoms with van der Waals surface area (Å²) in [6.07, 6.45) is 5.93. The molecule has 1 atom stereocenters. The molecule has 0 aliphatic heterocycles. The maximum Gasteiger partial charge on any atom is 0.115 e. The van der Waals surface area contributed by atoms with Gasteiger partial charge in [0, 0.05) is 18.0 Å². The Bertz CT molecular complexity index is 387. The van der Waals surface area contributed by atoms with Crippen LogP contribution in [0.4, 0.5) is 0 Å². The van der Waals surface area contributed by atoms with Gasteiger partial charge in [-0.25, -0.2) is 9.97 Å². The van der Waals surface area contributed by atoms with Crippen molar-refractivity contribution >= 4 is 11.3 Å². The van der Waals surface area contributed by atoms with Crippen LogP contribution >= 0.6 is 11.3 Å². The fourth-order valence-electron chi connectivity index (χ4n) is 1.41. The third-order valence-corrected chi connectivity index (χ3v) is 2.94. The minimum atomic E-state index is 0.0702. The Morgan fingerprint density at radius 3 is 2.80 bits per heavy atom. The van der Waals surface area contributed by atoms with Crippen molar-refractivity contribution in [2.45, 2.75) is 12.5 Å². The van der Waals surface area contributed by atoms with Crippen molar-refractivity contribution in [2.24, 2.45) is 5.84 Å². The molecule has 4 nitrogen and oxygen atoms in total. The van der Waals surface area contributed by atoms with Crippen LogP contribution in [-0.2, 0) is 6.42 Å². The Labute approximate surface area is 92.2 Å². The second-order valence-electron chi connectivity index (χ2n) is 3.23. The van der Waals surface area contributed by atoms with Gasteiger partial charge in [-0.1, -0.05) is 0 Å². The van der Waals surface area contributed by atoms with Crippen molar-refractivity contribution in [3.05, 3.63) is 46.7 Å². The molecule has 78 valence electrons. The largest absolute Gasteiger partial charge is 0.271 e. The van der Waals surface area contributed by atoms with Crippen LogP contribution in [0, 0.1) is 0 Å². The van der Waals surface area contributed by atoms with Gasteiger partial charge in [0.2, 0.25) is 0 Å². The number of rotatable bonds is 4. The number of nitrogens with zero attached hydrogens (tertiary/aromatic N) is 2. The molecular formula is C10H12N4S. The molecule has 2 aromatic rings. The second-order valence-corrected chi connectivity index (χ2v) is 4.01. The monoisotopic (exact) mass is 220 g/mol. The van der Waals surface area contributed by atoms with Crippen LogP contribution in [0.1, 0.15) is 17.2 Å². The van der Waals surface area contributed by atoms with Crippen molar-refractivity contribution < 1.29 is 0 Å². The number of aromatic nitrogens is 2. The van der Waals surface area contributed by atoms with E-state index >= 15 is 0 Å². The van der Waals surface area contributed by atoms with E-state index in [1.54, 1.807) is 23.7 Å². The fourth-order valence-corrected chi connectivity index (χ4v) is 2.09. The van der Waals surface area contributed by atoms with Gasteiger partial charge in [-0.15, -0.1) is 0 Å². The van der Waals surface area contributed by atoms with Crippen molar-refractivity contribution in [3.63, 3.8) is 0 Å². The molecule has 0 saturated heterocycles. The number of hydrogen-bond acceptors (Lipinski definition) is 5. The molecule has 1 unspecified atom stereocenters. The summed E-state index contributed by atoms with van der Waals surface area (Å²) in [5, 5.41) is 4.18. The van der Waals surface area contributed by atoms with Gasteiger partial charge >= 0.3 is 0 Å². The van der Waals surface area contributed by atoms with Gasteiger partial charge < -0.3 is 0 Å². The van der Waals surface area contributed by atoms with E-state index in [4.69, 9.17) is 5.84 Å². The number of nitrogens with two attached hydrogens (primary N) is 1. The van der Waals surface area contributed by atoms with Gasteiger partial charge in [-0.3, -0.25) is 11.3 Å². The zero-order valence-electron chi connectivity index (χ0n) is 8.13. The van der Waals surface area contributed by atoms with Crippen molar-refractivity contribution in [1.82, 2.24) is 15.4 Å². The van der Waals surface area contributed by atoms with E-state index in [1.165, 1.54) is 11.9 Å². The highest BCUT2D eigenvalue weighted by Gasteiger charge is 2.10. The summed E-state index contributed by atoms with van der Waals surface area (Å²) >= 11 is 1.69. The standard InChI is InChI=1S/C10H12N4S/c11-14-10(3-8-1-2-15-6-8)9-4-12-7-13-5-9/h1-2,4-7,10,14H,3,11H2.